The van der Waals surface area contributed by atoms with E-state index in [-0.39, 0.29) is 11.3 Å². The smallest absolute Gasteiger partial charge is 0.276 e. The summed E-state index contributed by atoms with van der Waals surface area (Å²) in [7, 11) is 0. The van der Waals surface area contributed by atoms with Crippen molar-refractivity contribution < 1.29 is 4.79 Å². The fourth-order valence-electron chi connectivity index (χ4n) is 4.75. The molecule has 6 heteroatoms. The Kier molecular flexibility index (Phi) is 3.92. The zero-order valence-corrected chi connectivity index (χ0v) is 16.8. The molecule has 0 spiro atoms. The van der Waals surface area contributed by atoms with Crippen LogP contribution in [0.25, 0.3) is 0 Å². The Morgan fingerprint density at radius 1 is 1.26 bits per heavy atom. The summed E-state index contributed by atoms with van der Waals surface area (Å²) in [6.07, 6.45) is 3.17. The molecular weight excluding hydrogens is 426 g/mol. The van der Waals surface area contributed by atoms with E-state index in [9.17, 15) is 4.79 Å². The third kappa shape index (κ3) is 2.64. The molecule has 5 rings (SSSR count). The summed E-state index contributed by atoms with van der Waals surface area (Å²) in [5.74, 6) is 0.266. The van der Waals surface area contributed by atoms with E-state index in [0.717, 1.165) is 45.7 Å². The number of carbonyl (C=O) groups is 1. The number of hydrogen-bond donors (Lipinski definition) is 2. The molecule has 2 aliphatic rings. The van der Waals surface area contributed by atoms with Crippen LogP contribution in [0.15, 0.2) is 53.0 Å². The second-order valence-electron chi connectivity index (χ2n) is 7.35. The summed E-state index contributed by atoms with van der Waals surface area (Å²) in [6.45, 7) is 0. The number of aromatic nitrogens is 2. The summed E-state index contributed by atoms with van der Waals surface area (Å²) in [6, 6.07) is 15.6. The number of anilines is 1. The Hall–Kier alpha value is -2.11. The van der Waals surface area contributed by atoms with Crippen LogP contribution in [0, 0.1) is 0 Å². The summed E-state index contributed by atoms with van der Waals surface area (Å²) in [4.78, 5) is 13.0. The van der Waals surface area contributed by atoms with Gasteiger partial charge in [0.15, 0.2) is 5.69 Å². The van der Waals surface area contributed by atoms with E-state index in [0.29, 0.717) is 11.6 Å². The van der Waals surface area contributed by atoms with Crippen molar-refractivity contribution in [2.45, 2.75) is 30.6 Å². The maximum Gasteiger partial charge on any atom is 0.276 e. The Bertz CT molecular complexity index is 1050. The van der Waals surface area contributed by atoms with Gasteiger partial charge in [-0.05, 0) is 55.2 Å². The molecule has 2 unspecified atom stereocenters. The Balaban J connectivity index is 1.55. The second kappa shape index (κ2) is 6.21. The van der Waals surface area contributed by atoms with Crippen LogP contribution in [-0.4, -0.2) is 16.1 Å². The van der Waals surface area contributed by atoms with E-state index < -0.39 is 0 Å². The van der Waals surface area contributed by atoms with Gasteiger partial charge in [0.05, 0.1) is 0 Å². The first kappa shape index (κ1) is 17.0. The van der Waals surface area contributed by atoms with E-state index in [4.69, 9.17) is 11.6 Å². The minimum Gasteiger partial charge on any atom is -0.321 e. The van der Waals surface area contributed by atoms with Gasteiger partial charge in [0.25, 0.3) is 5.91 Å². The van der Waals surface area contributed by atoms with Crippen LogP contribution in [0.1, 0.15) is 52.5 Å². The highest BCUT2D eigenvalue weighted by molar-refractivity contribution is 9.10. The van der Waals surface area contributed by atoms with Crippen molar-refractivity contribution in [3.8, 4) is 0 Å². The summed E-state index contributed by atoms with van der Waals surface area (Å²) in [5, 5.41) is 11.3. The van der Waals surface area contributed by atoms with E-state index in [1.807, 2.05) is 36.4 Å². The molecule has 2 aliphatic carbocycles. The molecule has 1 heterocycles. The number of nitrogens with one attached hydrogen (secondary N) is 2. The summed E-state index contributed by atoms with van der Waals surface area (Å²) in [5.41, 5.74) is 4.49. The molecule has 1 amide bonds. The summed E-state index contributed by atoms with van der Waals surface area (Å²) < 4.78 is 0.921. The standard InChI is InChI=1S/C21H17BrClN3O/c22-14-2-1-3-16(10-14)24-20(27)19-17-18(25-26-19)12-8-9-21(17,11-12)13-4-6-15(23)7-5-13/h1-7,10,12H,8-9,11H2,(H,24,27)(H,25,26). The monoisotopic (exact) mass is 441 g/mol. The van der Waals surface area contributed by atoms with Gasteiger partial charge < -0.3 is 5.32 Å². The highest BCUT2D eigenvalue weighted by Gasteiger charge is 2.53. The molecule has 0 radical (unpaired) electrons. The molecule has 2 aromatic carbocycles. The fourth-order valence-corrected chi connectivity index (χ4v) is 5.28. The largest absolute Gasteiger partial charge is 0.321 e. The quantitative estimate of drug-likeness (QED) is 0.551. The van der Waals surface area contributed by atoms with Crippen molar-refractivity contribution in [3.05, 3.63) is 80.5 Å². The molecule has 3 aromatic rings. The van der Waals surface area contributed by atoms with Gasteiger partial charge >= 0.3 is 0 Å². The number of rotatable bonds is 3. The van der Waals surface area contributed by atoms with Gasteiger partial charge in [0, 0.05) is 37.8 Å². The van der Waals surface area contributed by atoms with Gasteiger partial charge in [-0.1, -0.05) is 45.7 Å². The van der Waals surface area contributed by atoms with Gasteiger partial charge in [-0.2, -0.15) is 5.10 Å². The molecule has 0 saturated heterocycles. The third-order valence-electron chi connectivity index (χ3n) is 5.89. The molecule has 2 atom stereocenters. The van der Waals surface area contributed by atoms with Gasteiger partial charge in [0.1, 0.15) is 0 Å². The fraction of sp³-hybridized carbons (Fsp3) is 0.238. The van der Waals surface area contributed by atoms with Crippen molar-refractivity contribution in [1.29, 1.82) is 0 Å². The van der Waals surface area contributed by atoms with Crippen molar-refractivity contribution in [1.82, 2.24) is 10.2 Å². The first-order chi connectivity index (χ1) is 13.1. The van der Waals surface area contributed by atoms with Crippen LogP contribution in [0.4, 0.5) is 5.69 Å². The number of nitrogens with zero attached hydrogens (tertiary/aromatic N) is 1. The SMILES string of the molecule is O=C(Nc1cccc(Br)c1)c1n[nH]c2c1C1(c3ccc(Cl)cc3)CCC2C1. The van der Waals surface area contributed by atoms with E-state index in [1.54, 1.807) is 0 Å². The molecule has 1 fully saturated rings. The van der Waals surface area contributed by atoms with E-state index >= 15 is 0 Å². The molecule has 2 N–H and O–H groups in total. The normalized spacial score (nSPS) is 22.7. The lowest BCUT2D eigenvalue weighted by Gasteiger charge is -2.28. The number of H-pyrrole nitrogens is 1. The molecule has 27 heavy (non-hydrogen) atoms. The Morgan fingerprint density at radius 3 is 2.85 bits per heavy atom. The lowest BCUT2D eigenvalue weighted by Crippen LogP contribution is -2.26. The Labute approximate surface area is 170 Å². The highest BCUT2D eigenvalue weighted by atomic mass is 79.9. The third-order valence-corrected chi connectivity index (χ3v) is 6.64. The first-order valence-electron chi connectivity index (χ1n) is 8.98. The maximum atomic E-state index is 13.0. The lowest BCUT2D eigenvalue weighted by atomic mass is 9.74. The molecule has 2 bridgehead atoms. The number of aromatic amines is 1. The van der Waals surface area contributed by atoms with Gasteiger partial charge in [0.2, 0.25) is 0 Å². The van der Waals surface area contributed by atoms with E-state index in [1.165, 1.54) is 5.56 Å². The predicted octanol–water partition coefficient (Wildman–Crippen LogP) is 5.65. The van der Waals surface area contributed by atoms with Gasteiger partial charge in [-0.25, -0.2) is 0 Å². The molecule has 136 valence electrons. The number of fused-ring (bicyclic) bond motifs is 5. The molecule has 1 saturated carbocycles. The highest BCUT2D eigenvalue weighted by Crippen LogP contribution is 2.60. The van der Waals surface area contributed by atoms with Crippen LogP contribution in [0.2, 0.25) is 5.02 Å². The van der Waals surface area contributed by atoms with Crippen molar-refractivity contribution >= 4 is 39.1 Å². The van der Waals surface area contributed by atoms with Crippen molar-refractivity contribution in [2.24, 2.45) is 0 Å². The number of halogens is 2. The van der Waals surface area contributed by atoms with Crippen LogP contribution in [0.5, 0.6) is 0 Å². The van der Waals surface area contributed by atoms with Gasteiger partial charge in [-0.15, -0.1) is 0 Å². The zero-order chi connectivity index (χ0) is 18.6. The minimum absolute atomic E-state index is 0.151. The number of carbonyl (C=O) groups excluding carboxylic acids is 1. The van der Waals surface area contributed by atoms with Crippen LogP contribution >= 0.6 is 27.5 Å². The van der Waals surface area contributed by atoms with Crippen LogP contribution in [-0.2, 0) is 5.41 Å². The molecule has 4 nitrogen and oxygen atoms in total. The zero-order valence-electron chi connectivity index (χ0n) is 14.4. The van der Waals surface area contributed by atoms with Crippen LogP contribution in [0.3, 0.4) is 0 Å². The van der Waals surface area contributed by atoms with E-state index in [2.05, 4.69) is 43.6 Å². The first-order valence-corrected chi connectivity index (χ1v) is 10.2. The Morgan fingerprint density at radius 2 is 2.07 bits per heavy atom. The predicted molar refractivity (Wildman–Crippen MR) is 110 cm³/mol. The van der Waals surface area contributed by atoms with Crippen LogP contribution < -0.4 is 5.32 Å². The average Bonchev–Trinajstić information content (AvgIpc) is 3.34. The lowest BCUT2D eigenvalue weighted by molar-refractivity contribution is 0.102. The summed E-state index contributed by atoms with van der Waals surface area (Å²) >= 11 is 9.53. The number of benzene rings is 2. The number of amides is 1. The molecular formula is C21H17BrClN3O. The van der Waals surface area contributed by atoms with Crippen molar-refractivity contribution in [3.63, 3.8) is 0 Å². The average molecular weight is 443 g/mol. The molecule has 1 aromatic heterocycles. The van der Waals surface area contributed by atoms with Crippen molar-refractivity contribution in [2.75, 3.05) is 5.32 Å². The maximum absolute atomic E-state index is 13.0. The minimum atomic E-state index is -0.175. The van der Waals surface area contributed by atoms with Gasteiger partial charge in [-0.3, -0.25) is 9.89 Å². The topological polar surface area (TPSA) is 57.8 Å². The second-order valence-corrected chi connectivity index (χ2v) is 8.71. The molecule has 0 aliphatic heterocycles. The number of hydrogen-bond acceptors (Lipinski definition) is 2.